The highest BCUT2D eigenvalue weighted by molar-refractivity contribution is 5.47. The molecule has 0 spiro atoms. The van der Waals surface area contributed by atoms with E-state index in [9.17, 15) is 0 Å². The zero-order valence-electron chi connectivity index (χ0n) is 8.69. The molecule has 1 heterocycles. The summed E-state index contributed by atoms with van der Waals surface area (Å²) in [5.41, 5.74) is 7.02. The third-order valence-electron chi connectivity index (χ3n) is 2.09. The Morgan fingerprint density at radius 3 is 3.07 bits per heavy atom. The number of nitrogens with zero attached hydrogens (tertiary/aromatic N) is 1. The Labute approximate surface area is 85.9 Å². The number of pyridine rings is 1. The van der Waals surface area contributed by atoms with Crippen LogP contribution in [0.2, 0.25) is 0 Å². The van der Waals surface area contributed by atoms with E-state index in [1.807, 2.05) is 18.3 Å². The summed E-state index contributed by atoms with van der Waals surface area (Å²) in [4.78, 5) is 4.04. The Hall–Kier alpha value is -1.15. The minimum Gasteiger partial charge on any atom is -0.327 e. The van der Waals surface area contributed by atoms with E-state index in [0.29, 0.717) is 6.04 Å². The highest BCUT2D eigenvalue weighted by Gasteiger charge is 1.96. The lowest BCUT2D eigenvalue weighted by Gasteiger charge is -2.05. The van der Waals surface area contributed by atoms with Gasteiger partial charge in [0.1, 0.15) is 0 Å². The smallest absolute Gasteiger partial charge is 0.0340 e. The van der Waals surface area contributed by atoms with Crippen LogP contribution >= 0.6 is 0 Å². The Morgan fingerprint density at radius 1 is 1.57 bits per heavy atom. The molecule has 0 saturated carbocycles. The van der Waals surface area contributed by atoms with E-state index in [-0.39, 0.29) is 0 Å². The van der Waals surface area contributed by atoms with Gasteiger partial charge in [0.05, 0.1) is 0 Å². The van der Waals surface area contributed by atoms with Crippen LogP contribution in [0.5, 0.6) is 0 Å². The molecule has 0 aliphatic heterocycles. The van der Waals surface area contributed by atoms with Crippen molar-refractivity contribution in [1.29, 1.82) is 0 Å². The maximum Gasteiger partial charge on any atom is 0.0340 e. The highest BCUT2D eigenvalue weighted by atomic mass is 14.6. The Bertz CT molecular complexity index is 267. The van der Waals surface area contributed by atoms with Gasteiger partial charge < -0.3 is 5.73 Å². The first-order valence-corrected chi connectivity index (χ1v) is 5.15. The van der Waals surface area contributed by atoms with Crippen LogP contribution < -0.4 is 5.73 Å². The van der Waals surface area contributed by atoms with Gasteiger partial charge >= 0.3 is 0 Å². The fourth-order valence-electron chi connectivity index (χ4n) is 1.34. The van der Waals surface area contributed by atoms with E-state index >= 15 is 0 Å². The van der Waals surface area contributed by atoms with Gasteiger partial charge in [0.15, 0.2) is 0 Å². The summed E-state index contributed by atoms with van der Waals surface area (Å²) in [6.45, 7) is 2.16. The average molecular weight is 190 g/mol. The summed E-state index contributed by atoms with van der Waals surface area (Å²) in [5.74, 6) is 0. The van der Waals surface area contributed by atoms with Gasteiger partial charge in [0.25, 0.3) is 0 Å². The summed E-state index contributed by atoms with van der Waals surface area (Å²) in [5, 5.41) is 0. The van der Waals surface area contributed by atoms with Gasteiger partial charge in [-0.25, -0.2) is 0 Å². The van der Waals surface area contributed by atoms with Crippen molar-refractivity contribution < 1.29 is 0 Å². The molecule has 2 heteroatoms. The first-order valence-electron chi connectivity index (χ1n) is 5.15. The van der Waals surface area contributed by atoms with Crippen LogP contribution in [0.3, 0.4) is 0 Å². The lowest BCUT2D eigenvalue weighted by atomic mass is 10.1. The summed E-state index contributed by atoms with van der Waals surface area (Å²) in [7, 11) is 0. The van der Waals surface area contributed by atoms with Gasteiger partial charge in [-0.05, 0) is 24.5 Å². The van der Waals surface area contributed by atoms with Crippen molar-refractivity contribution in [1.82, 2.24) is 4.98 Å². The molecule has 76 valence electrons. The molecule has 0 fully saturated rings. The molecule has 1 rings (SSSR count). The number of hydrogen-bond acceptors (Lipinski definition) is 2. The van der Waals surface area contributed by atoms with Crippen LogP contribution in [-0.4, -0.2) is 11.0 Å². The van der Waals surface area contributed by atoms with Gasteiger partial charge in [0.2, 0.25) is 0 Å². The molecular weight excluding hydrogens is 172 g/mol. The Kier molecular flexibility index (Phi) is 4.94. The fraction of sp³-hybridized carbons (Fsp3) is 0.417. The predicted octanol–water partition coefficient (Wildman–Crippen LogP) is 2.61. The number of rotatable bonds is 5. The number of hydrogen-bond donors (Lipinski definition) is 1. The van der Waals surface area contributed by atoms with E-state index in [2.05, 4.69) is 24.1 Å². The highest BCUT2D eigenvalue weighted by Crippen LogP contribution is 2.03. The standard InChI is InChI=1S/C12H18N2/c1-2-5-12(13)8-3-6-11-7-4-9-14-10-11/h3-4,6-7,9-10,12H,2,5,8,13H2,1H3/b6-3+. The predicted molar refractivity (Wildman–Crippen MR) is 60.8 cm³/mol. The third-order valence-corrected chi connectivity index (χ3v) is 2.09. The average Bonchev–Trinajstić information content (AvgIpc) is 2.20. The SMILES string of the molecule is CCCC(N)C/C=C/c1cccnc1. The molecule has 0 saturated heterocycles. The van der Waals surface area contributed by atoms with Crippen molar-refractivity contribution in [3.8, 4) is 0 Å². The van der Waals surface area contributed by atoms with Gasteiger partial charge in [0, 0.05) is 18.4 Å². The van der Waals surface area contributed by atoms with Crippen molar-refractivity contribution >= 4 is 6.08 Å². The summed E-state index contributed by atoms with van der Waals surface area (Å²) < 4.78 is 0. The minimum atomic E-state index is 0.299. The first-order chi connectivity index (χ1) is 6.83. The molecule has 1 unspecified atom stereocenters. The fourth-order valence-corrected chi connectivity index (χ4v) is 1.34. The molecule has 0 aliphatic carbocycles. The molecule has 1 aromatic rings. The van der Waals surface area contributed by atoms with Gasteiger partial charge in [-0.15, -0.1) is 0 Å². The van der Waals surface area contributed by atoms with Crippen LogP contribution in [0.25, 0.3) is 6.08 Å². The van der Waals surface area contributed by atoms with Crippen molar-refractivity contribution in [3.63, 3.8) is 0 Å². The second kappa shape index (κ2) is 6.33. The van der Waals surface area contributed by atoms with Crippen LogP contribution in [0.15, 0.2) is 30.6 Å². The van der Waals surface area contributed by atoms with E-state index in [1.54, 1.807) is 6.20 Å². The minimum absolute atomic E-state index is 0.299. The number of nitrogens with two attached hydrogens (primary N) is 1. The molecule has 0 aromatic carbocycles. The van der Waals surface area contributed by atoms with Crippen molar-refractivity contribution in [2.45, 2.75) is 32.2 Å². The van der Waals surface area contributed by atoms with Crippen LogP contribution in [0, 0.1) is 0 Å². The van der Waals surface area contributed by atoms with E-state index < -0.39 is 0 Å². The third kappa shape index (κ3) is 4.19. The van der Waals surface area contributed by atoms with Gasteiger partial charge in [-0.2, -0.15) is 0 Å². The molecule has 2 N–H and O–H groups in total. The molecule has 1 aromatic heterocycles. The van der Waals surface area contributed by atoms with Crippen LogP contribution in [-0.2, 0) is 0 Å². The second-order valence-corrected chi connectivity index (χ2v) is 3.47. The number of aromatic nitrogens is 1. The lowest BCUT2D eigenvalue weighted by molar-refractivity contribution is 0.611. The van der Waals surface area contributed by atoms with Crippen molar-refractivity contribution in [2.75, 3.05) is 0 Å². The van der Waals surface area contributed by atoms with Crippen molar-refractivity contribution in [3.05, 3.63) is 36.2 Å². The van der Waals surface area contributed by atoms with Crippen LogP contribution in [0.1, 0.15) is 31.7 Å². The molecule has 0 amide bonds. The van der Waals surface area contributed by atoms with Gasteiger partial charge in [-0.1, -0.05) is 31.6 Å². The zero-order valence-corrected chi connectivity index (χ0v) is 8.69. The van der Waals surface area contributed by atoms with Crippen molar-refractivity contribution in [2.24, 2.45) is 5.73 Å². The van der Waals surface area contributed by atoms with Crippen LogP contribution in [0.4, 0.5) is 0 Å². The second-order valence-electron chi connectivity index (χ2n) is 3.47. The summed E-state index contributed by atoms with van der Waals surface area (Å²) in [6, 6.07) is 4.27. The van der Waals surface area contributed by atoms with E-state index in [4.69, 9.17) is 5.73 Å². The topological polar surface area (TPSA) is 38.9 Å². The largest absolute Gasteiger partial charge is 0.327 e. The molecular formula is C12H18N2. The maximum atomic E-state index is 5.88. The molecule has 0 aliphatic rings. The molecule has 14 heavy (non-hydrogen) atoms. The maximum absolute atomic E-state index is 5.88. The Morgan fingerprint density at radius 2 is 2.43 bits per heavy atom. The Balaban J connectivity index is 2.34. The molecule has 2 nitrogen and oxygen atoms in total. The normalized spacial score (nSPS) is 13.3. The monoisotopic (exact) mass is 190 g/mol. The summed E-state index contributed by atoms with van der Waals surface area (Å²) >= 11 is 0. The molecule has 1 atom stereocenters. The molecule has 0 radical (unpaired) electrons. The zero-order chi connectivity index (χ0) is 10.2. The summed E-state index contributed by atoms with van der Waals surface area (Å²) in [6.07, 6.45) is 11.0. The van der Waals surface area contributed by atoms with E-state index in [0.717, 1.165) is 24.8 Å². The first kappa shape index (κ1) is 10.9. The quantitative estimate of drug-likeness (QED) is 0.775. The molecule has 0 bridgehead atoms. The van der Waals surface area contributed by atoms with Gasteiger partial charge in [-0.3, -0.25) is 4.98 Å². The van der Waals surface area contributed by atoms with E-state index in [1.165, 1.54) is 0 Å². The lowest BCUT2D eigenvalue weighted by Crippen LogP contribution is -2.17.